The largest absolute Gasteiger partial charge is 0.398 e. The Morgan fingerprint density at radius 1 is 1.00 bits per heavy atom. The molecule has 0 amide bonds. The molecule has 2 aromatic rings. The van der Waals surface area contributed by atoms with E-state index < -0.39 is 27.5 Å². The van der Waals surface area contributed by atoms with Gasteiger partial charge >= 0.3 is 0 Å². The summed E-state index contributed by atoms with van der Waals surface area (Å²) >= 11 is 0. The highest BCUT2D eigenvalue weighted by Crippen LogP contribution is 2.27. The Bertz CT molecular complexity index is 810. The van der Waals surface area contributed by atoms with Crippen LogP contribution in [0, 0.1) is 17.5 Å². The number of primary sulfonamides is 1. The van der Waals surface area contributed by atoms with Crippen molar-refractivity contribution in [2.75, 3.05) is 11.1 Å². The number of benzene rings is 2. The highest BCUT2D eigenvalue weighted by atomic mass is 32.2. The van der Waals surface area contributed by atoms with Crippen LogP contribution in [0.4, 0.5) is 30.2 Å². The van der Waals surface area contributed by atoms with Gasteiger partial charge in [0.25, 0.3) is 0 Å². The summed E-state index contributed by atoms with van der Waals surface area (Å²) in [4.78, 5) is -0.293. The fourth-order valence-electron chi connectivity index (χ4n) is 1.66. The van der Waals surface area contributed by atoms with Gasteiger partial charge in [0.15, 0.2) is 17.5 Å². The monoisotopic (exact) mass is 317 g/mol. The third kappa shape index (κ3) is 3.09. The molecular formula is C12H10F3N3O2S. The molecule has 0 aliphatic rings. The van der Waals surface area contributed by atoms with Crippen molar-refractivity contribution in [2.45, 2.75) is 4.90 Å². The Balaban J connectivity index is 2.38. The van der Waals surface area contributed by atoms with Gasteiger partial charge in [-0.15, -0.1) is 0 Å². The van der Waals surface area contributed by atoms with Crippen LogP contribution in [0.25, 0.3) is 0 Å². The predicted molar refractivity (Wildman–Crippen MR) is 71.8 cm³/mol. The Morgan fingerprint density at radius 2 is 1.67 bits per heavy atom. The Labute approximate surface area is 118 Å². The summed E-state index contributed by atoms with van der Waals surface area (Å²) in [5.74, 6) is -4.33. The topological polar surface area (TPSA) is 98.2 Å². The van der Waals surface area contributed by atoms with Gasteiger partial charge in [-0.3, -0.25) is 0 Å². The molecule has 112 valence electrons. The smallest absolute Gasteiger partial charge is 0.240 e. The van der Waals surface area contributed by atoms with Gasteiger partial charge in [-0.1, -0.05) is 0 Å². The normalized spacial score (nSPS) is 11.4. The molecule has 0 heterocycles. The van der Waals surface area contributed by atoms with Crippen LogP contribution in [0.1, 0.15) is 0 Å². The van der Waals surface area contributed by atoms with Gasteiger partial charge in [-0.25, -0.2) is 26.7 Å². The van der Waals surface area contributed by atoms with E-state index in [-0.39, 0.29) is 22.0 Å². The maximum atomic E-state index is 13.5. The third-order valence-electron chi connectivity index (χ3n) is 2.63. The van der Waals surface area contributed by atoms with Gasteiger partial charge < -0.3 is 11.1 Å². The lowest BCUT2D eigenvalue weighted by atomic mass is 10.2. The molecule has 5 N–H and O–H groups in total. The lowest BCUT2D eigenvalue weighted by Crippen LogP contribution is -2.14. The van der Waals surface area contributed by atoms with Gasteiger partial charge in [-0.2, -0.15) is 0 Å². The molecule has 0 unspecified atom stereocenters. The van der Waals surface area contributed by atoms with Crippen LogP contribution in [-0.4, -0.2) is 8.42 Å². The van der Waals surface area contributed by atoms with E-state index in [4.69, 9.17) is 10.9 Å². The Morgan fingerprint density at radius 3 is 2.24 bits per heavy atom. The molecule has 2 aromatic carbocycles. The number of anilines is 3. The van der Waals surface area contributed by atoms with Gasteiger partial charge in [0.1, 0.15) is 4.90 Å². The standard InChI is InChI=1S/C12H10F3N3O2S/c13-7-2-3-9(12(15)11(7)14)18-6-1-4-10(8(16)5-6)21(17,19)20/h1-5,18H,16H2,(H2,17,19,20). The summed E-state index contributed by atoms with van der Waals surface area (Å²) in [6, 6.07) is 5.31. The second-order valence-electron chi connectivity index (χ2n) is 4.15. The SMILES string of the molecule is Nc1cc(Nc2ccc(F)c(F)c2F)ccc1S(N)(=O)=O. The van der Waals surface area contributed by atoms with Crippen molar-refractivity contribution in [3.8, 4) is 0 Å². The highest BCUT2D eigenvalue weighted by Gasteiger charge is 2.15. The fraction of sp³-hybridized carbons (Fsp3) is 0. The van der Waals surface area contributed by atoms with E-state index in [9.17, 15) is 21.6 Å². The first-order chi connectivity index (χ1) is 9.70. The molecule has 2 rings (SSSR count). The van der Waals surface area contributed by atoms with Crippen LogP contribution in [0.5, 0.6) is 0 Å². The van der Waals surface area contributed by atoms with Crippen LogP contribution < -0.4 is 16.2 Å². The van der Waals surface area contributed by atoms with Crippen molar-refractivity contribution in [3.63, 3.8) is 0 Å². The first-order valence-corrected chi connectivity index (χ1v) is 7.07. The number of halogens is 3. The summed E-state index contributed by atoms with van der Waals surface area (Å²) in [7, 11) is -3.98. The maximum Gasteiger partial charge on any atom is 0.240 e. The number of nitrogens with one attached hydrogen (secondary N) is 1. The molecule has 0 atom stereocenters. The lowest BCUT2D eigenvalue weighted by molar-refractivity contribution is 0.449. The van der Waals surface area contributed by atoms with Crippen molar-refractivity contribution < 1.29 is 21.6 Å². The molecule has 21 heavy (non-hydrogen) atoms. The molecule has 0 fully saturated rings. The van der Waals surface area contributed by atoms with Crippen molar-refractivity contribution in [1.29, 1.82) is 0 Å². The zero-order valence-corrected chi connectivity index (χ0v) is 11.2. The van der Waals surface area contributed by atoms with E-state index in [1.54, 1.807) is 0 Å². The number of sulfonamides is 1. The average Bonchev–Trinajstić information content (AvgIpc) is 2.38. The zero-order valence-electron chi connectivity index (χ0n) is 10.4. The van der Waals surface area contributed by atoms with Crippen LogP contribution in [0.3, 0.4) is 0 Å². The molecule has 0 saturated carbocycles. The second kappa shape index (κ2) is 5.26. The third-order valence-corrected chi connectivity index (χ3v) is 3.62. The van der Waals surface area contributed by atoms with E-state index in [1.165, 1.54) is 12.1 Å². The minimum Gasteiger partial charge on any atom is -0.398 e. The van der Waals surface area contributed by atoms with E-state index in [1.807, 2.05) is 0 Å². The van der Waals surface area contributed by atoms with Crippen molar-refractivity contribution >= 4 is 27.1 Å². The van der Waals surface area contributed by atoms with Gasteiger partial charge in [0.05, 0.1) is 11.4 Å². The van der Waals surface area contributed by atoms with Crippen molar-refractivity contribution in [3.05, 3.63) is 47.8 Å². The van der Waals surface area contributed by atoms with Crippen molar-refractivity contribution in [1.82, 2.24) is 0 Å². The quantitative estimate of drug-likeness (QED) is 0.596. The van der Waals surface area contributed by atoms with Crippen LogP contribution >= 0.6 is 0 Å². The number of rotatable bonds is 3. The summed E-state index contributed by atoms with van der Waals surface area (Å²) < 4.78 is 61.8. The van der Waals surface area contributed by atoms with E-state index in [0.29, 0.717) is 0 Å². The maximum absolute atomic E-state index is 13.5. The lowest BCUT2D eigenvalue weighted by Gasteiger charge is -2.10. The van der Waals surface area contributed by atoms with Crippen LogP contribution in [0.2, 0.25) is 0 Å². The van der Waals surface area contributed by atoms with Crippen LogP contribution in [-0.2, 0) is 10.0 Å². The summed E-state index contributed by atoms with van der Waals surface area (Å²) in [6.07, 6.45) is 0. The summed E-state index contributed by atoms with van der Waals surface area (Å²) in [6.45, 7) is 0. The predicted octanol–water partition coefficient (Wildman–Crippen LogP) is 2.08. The number of nitrogen functional groups attached to an aromatic ring is 1. The van der Waals surface area contributed by atoms with E-state index >= 15 is 0 Å². The minimum atomic E-state index is -3.98. The first-order valence-electron chi connectivity index (χ1n) is 5.53. The van der Waals surface area contributed by atoms with Crippen LogP contribution in [0.15, 0.2) is 35.2 Å². The average molecular weight is 317 g/mol. The molecule has 0 aliphatic carbocycles. The first kappa shape index (κ1) is 15.1. The molecule has 0 saturated heterocycles. The molecule has 5 nitrogen and oxygen atoms in total. The number of hydrogen-bond acceptors (Lipinski definition) is 4. The van der Waals surface area contributed by atoms with Crippen molar-refractivity contribution in [2.24, 2.45) is 5.14 Å². The zero-order chi connectivity index (χ0) is 15.8. The van der Waals surface area contributed by atoms with E-state index in [0.717, 1.165) is 18.2 Å². The summed E-state index contributed by atoms with van der Waals surface area (Å²) in [5, 5.41) is 7.40. The Kier molecular flexibility index (Phi) is 3.79. The molecular weight excluding hydrogens is 307 g/mol. The molecule has 0 aliphatic heterocycles. The number of hydrogen-bond donors (Lipinski definition) is 3. The minimum absolute atomic E-state index is 0.162. The molecule has 0 aromatic heterocycles. The van der Waals surface area contributed by atoms with E-state index in [2.05, 4.69) is 5.32 Å². The molecule has 0 bridgehead atoms. The molecule has 0 spiro atoms. The molecule has 0 radical (unpaired) electrons. The molecule has 9 heteroatoms. The van der Waals surface area contributed by atoms with Gasteiger partial charge in [0, 0.05) is 5.69 Å². The van der Waals surface area contributed by atoms with Gasteiger partial charge in [-0.05, 0) is 30.3 Å². The second-order valence-corrected chi connectivity index (χ2v) is 5.68. The van der Waals surface area contributed by atoms with Gasteiger partial charge in [0.2, 0.25) is 10.0 Å². The Hall–Kier alpha value is -2.26. The fourth-order valence-corrected chi connectivity index (χ4v) is 2.31. The highest BCUT2D eigenvalue weighted by molar-refractivity contribution is 7.89. The number of nitrogens with two attached hydrogens (primary N) is 2. The summed E-state index contributed by atoms with van der Waals surface area (Å²) in [5.41, 5.74) is 5.23.